The fourth-order valence-corrected chi connectivity index (χ4v) is 4.20. The van der Waals surface area contributed by atoms with Crippen LogP contribution in [0.3, 0.4) is 0 Å². The van der Waals surface area contributed by atoms with Gasteiger partial charge >= 0.3 is 0 Å². The van der Waals surface area contributed by atoms with Gasteiger partial charge in [-0.1, -0.05) is 6.92 Å². The number of carbonyl (C=O) groups is 1. The lowest BCUT2D eigenvalue weighted by atomic mass is 10.1. The molecule has 0 spiro atoms. The van der Waals surface area contributed by atoms with E-state index in [0.29, 0.717) is 27.9 Å². The van der Waals surface area contributed by atoms with Crippen LogP contribution in [0.1, 0.15) is 17.3 Å². The number of thiazole rings is 1. The summed E-state index contributed by atoms with van der Waals surface area (Å²) in [4.78, 5) is 17.1. The number of rotatable bonds is 7. The van der Waals surface area contributed by atoms with Crippen molar-refractivity contribution in [3.05, 3.63) is 53.4 Å². The zero-order valence-electron chi connectivity index (χ0n) is 16.1. The van der Waals surface area contributed by atoms with E-state index in [4.69, 9.17) is 9.47 Å². The molecule has 0 radical (unpaired) electrons. The highest BCUT2D eigenvalue weighted by atomic mass is 32.2. The van der Waals surface area contributed by atoms with Crippen molar-refractivity contribution >= 4 is 32.2 Å². The molecule has 3 rings (SSSR count). The number of nitrogens with zero attached hydrogens (tertiary/aromatic N) is 1. The minimum atomic E-state index is -3.30. The van der Waals surface area contributed by atoms with Crippen molar-refractivity contribution in [2.45, 2.75) is 11.8 Å². The summed E-state index contributed by atoms with van der Waals surface area (Å²) in [5.74, 6) is 0.922. The highest BCUT2D eigenvalue weighted by Crippen LogP contribution is 2.34. The number of anilines is 1. The summed E-state index contributed by atoms with van der Waals surface area (Å²) in [6.45, 7) is 1.58. The van der Waals surface area contributed by atoms with Gasteiger partial charge in [0.1, 0.15) is 11.5 Å². The van der Waals surface area contributed by atoms with Gasteiger partial charge in [-0.3, -0.25) is 10.1 Å². The Hall–Kier alpha value is -2.91. The predicted molar refractivity (Wildman–Crippen MR) is 113 cm³/mol. The smallest absolute Gasteiger partial charge is 0.257 e. The Bertz CT molecular complexity index is 1120. The van der Waals surface area contributed by atoms with E-state index in [1.54, 1.807) is 33.3 Å². The number of hydrogen-bond donors (Lipinski definition) is 1. The molecule has 0 saturated heterocycles. The van der Waals surface area contributed by atoms with E-state index in [1.807, 2.05) is 11.4 Å². The molecule has 0 atom stereocenters. The first-order chi connectivity index (χ1) is 13.9. The van der Waals surface area contributed by atoms with E-state index < -0.39 is 9.84 Å². The summed E-state index contributed by atoms with van der Waals surface area (Å²) in [5, 5.41) is 4.97. The van der Waals surface area contributed by atoms with E-state index in [2.05, 4.69) is 10.3 Å². The third kappa shape index (κ3) is 4.57. The van der Waals surface area contributed by atoms with Gasteiger partial charge in [-0.25, -0.2) is 13.4 Å². The molecule has 1 N–H and O–H groups in total. The van der Waals surface area contributed by atoms with Gasteiger partial charge in [0, 0.05) is 22.6 Å². The first-order valence-electron chi connectivity index (χ1n) is 8.70. The third-order valence-corrected chi connectivity index (χ3v) is 6.77. The number of benzene rings is 2. The number of amides is 1. The molecular weight excluding hydrogens is 412 g/mol. The van der Waals surface area contributed by atoms with Gasteiger partial charge in [-0.2, -0.15) is 0 Å². The summed E-state index contributed by atoms with van der Waals surface area (Å²) in [6.07, 6.45) is 0. The van der Waals surface area contributed by atoms with Gasteiger partial charge in [-0.05, 0) is 36.4 Å². The lowest BCUT2D eigenvalue weighted by Gasteiger charge is -2.08. The number of aromatic nitrogens is 1. The number of methoxy groups -OCH3 is 2. The number of nitrogens with one attached hydrogen (secondary N) is 1. The van der Waals surface area contributed by atoms with E-state index in [1.165, 1.54) is 35.6 Å². The molecular formula is C20H20N2O5S2. The number of ether oxygens (including phenoxy) is 2. The lowest BCUT2D eigenvalue weighted by molar-refractivity contribution is 0.102. The van der Waals surface area contributed by atoms with Crippen LogP contribution < -0.4 is 14.8 Å². The molecule has 0 aliphatic rings. The maximum Gasteiger partial charge on any atom is 0.257 e. The fraction of sp³-hybridized carbons (Fsp3) is 0.200. The molecule has 9 heteroatoms. The minimum absolute atomic E-state index is 0.00918. The molecule has 2 aromatic carbocycles. The highest BCUT2D eigenvalue weighted by molar-refractivity contribution is 7.91. The topological polar surface area (TPSA) is 94.6 Å². The van der Waals surface area contributed by atoms with Crippen LogP contribution in [0.15, 0.2) is 52.7 Å². The van der Waals surface area contributed by atoms with Crippen molar-refractivity contribution < 1.29 is 22.7 Å². The molecule has 29 heavy (non-hydrogen) atoms. The minimum Gasteiger partial charge on any atom is -0.497 e. The molecule has 1 amide bonds. The molecule has 0 fully saturated rings. The Morgan fingerprint density at radius 2 is 1.83 bits per heavy atom. The Labute approximate surface area is 173 Å². The average molecular weight is 433 g/mol. The second kappa shape index (κ2) is 8.62. The molecule has 0 aliphatic heterocycles. The molecule has 1 heterocycles. The van der Waals surface area contributed by atoms with Crippen LogP contribution in [-0.4, -0.2) is 39.3 Å². The number of sulfone groups is 1. The van der Waals surface area contributed by atoms with Crippen molar-refractivity contribution in [3.63, 3.8) is 0 Å². The SMILES string of the molecule is CCS(=O)(=O)c1ccc(C(=O)Nc2nc(-c3ccc(OC)cc3OC)cs2)cc1. The second-order valence-corrected chi connectivity index (χ2v) is 9.12. The standard InChI is InChI=1S/C20H20N2O5S2/c1-4-29(24,25)15-8-5-13(6-9-15)19(23)22-20-21-17(12-28-20)16-10-7-14(26-2)11-18(16)27-3/h5-12H,4H2,1-3H3,(H,21,22,23). The summed E-state index contributed by atoms with van der Waals surface area (Å²) < 4.78 is 34.3. The number of hydrogen-bond acceptors (Lipinski definition) is 7. The predicted octanol–water partition coefficient (Wildman–Crippen LogP) is 3.87. The highest BCUT2D eigenvalue weighted by Gasteiger charge is 2.15. The van der Waals surface area contributed by atoms with Crippen LogP contribution in [0.2, 0.25) is 0 Å². The summed E-state index contributed by atoms with van der Waals surface area (Å²) in [6, 6.07) is 11.2. The second-order valence-electron chi connectivity index (χ2n) is 5.99. The van der Waals surface area contributed by atoms with Gasteiger partial charge in [0.15, 0.2) is 15.0 Å². The van der Waals surface area contributed by atoms with Crippen LogP contribution in [0, 0.1) is 0 Å². The Morgan fingerprint density at radius 3 is 2.45 bits per heavy atom. The lowest BCUT2D eigenvalue weighted by Crippen LogP contribution is -2.12. The van der Waals surface area contributed by atoms with Gasteiger partial charge in [0.2, 0.25) is 0 Å². The molecule has 0 aliphatic carbocycles. The molecule has 1 aromatic heterocycles. The van der Waals surface area contributed by atoms with Crippen LogP contribution in [-0.2, 0) is 9.84 Å². The van der Waals surface area contributed by atoms with Crippen LogP contribution >= 0.6 is 11.3 Å². The van der Waals surface area contributed by atoms with Crippen LogP contribution in [0.25, 0.3) is 11.3 Å². The monoisotopic (exact) mass is 432 g/mol. The van der Waals surface area contributed by atoms with Gasteiger partial charge in [-0.15, -0.1) is 11.3 Å². The van der Waals surface area contributed by atoms with Crippen LogP contribution in [0.5, 0.6) is 11.5 Å². The van der Waals surface area contributed by atoms with Gasteiger partial charge in [0.05, 0.1) is 30.6 Å². The van der Waals surface area contributed by atoms with Crippen molar-refractivity contribution in [1.29, 1.82) is 0 Å². The average Bonchev–Trinajstić information content (AvgIpc) is 3.21. The van der Waals surface area contributed by atoms with Crippen molar-refractivity contribution in [1.82, 2.24) is 4.98 Å². The molecule has 7 nitrogen and oxygen atoms in total. The van der Waals surface area contributed by atoms with Gasteiger partial charge in [0.25, 0.3) is 5.91 Å². The summed E-state index contributed by atoms with van der Waals surface area (Å²) in [7, 11) is -0.158. The first kappa shape index (κ1) is 20.8. The molecule has 0 bridgehead atoms. The Balaban J connectivity index is 1.77. The Morgan fingerprint density at radius 1 is 1.10 bits per heavy atom. The first-order valence-corrected chi connectivity index (χ1v) is 11.2. The molecule has 3 aromatic rings. The molecule has 0 saturated carbocycles. The fourth-order valence-electron chi connectivity index (χ4n) is 2.61. The molecule has 0 unspecified atom stereocenters. The van der Waals surface area contributed by atoms with Gasteiger partial charge < -0.3 is 9.47 Å². The summed E-state index contributed by atoms with van der Waals surface area (Å²) in [5.41, 5.74) is 1.78. The van der Waals surface area contributed by atoms with E-state index in [0.717, 1.165) is 5.56 Å². The van der Waals surface area contributed by atoms with Crippen molar-refractivity contribution in [3.8, 4) is 22.8 Å². The zero-order valence-corrected chi connectivity index (χ0v) is 17.8. The zero-order chi connectivity index (χ0) is 21.0. The van der Waals surface area contributed by atoms with Crippen molar-refractivity contribution in [2.24, 2.45) is 0 Å². The maximum atomic E-state index is 12.5. The van der Waals surface area contributed by atoms with E-state index >= 15 is 0 Å². The normalized spacial score (nSPS) is 11.1. The van der Waals surface area contributed by atoms with Crippen LogP contribution in [0.4, 0.5) is 5.13 Å². The Kier molecular flexibility index (Phi) is 6.19. The van der Waals surface area contributed by atoms with E-state index in [-0.39, 0.29) is 16.6 Å². The van der Waals surface area contributed by atoms with Crippen molar-refractivity contribution in [2.75, 3.05) is 25.3 Å². The quantitative estimate of drug-likeness (QED) is 0.609. The summed E-state index contributed by atoms with van der Waals surface area (Å²) >= 11 is 1.28. The third-order valence-electron chi connectivity index (χ3n) is 4.26. The number of carbonyl (C=O) groups excluding carboxylic acids is 1. The maximum absolute atomic E-state index is 12.5. The van der Waals surface area contributed by atoms with E-state index in [9.17, 15) is 13.2 Å². The molecule has 152 valence electrons. The largest absolute Gasteiger partial charge is 0.497 e.